The number of nitrogens with zero attached hydrogens (tertiary/aromatic N) is 1. The Hall–Kier alpha value is -4.26. The predicted molar refractivity (Wildman–Crippen MR) is 251 cm³/mol. The van der Waals surface area contributed by atoms with Crippen molar-refractivity contribution in [3.8, 4) is 22.3 Å². The normalized spacial score (nSPS) is 12.4. The Balaban J connectivity index is 1.36. The van der Waals surface area contributed by atoms with Gasteiger partial charge in [-0.05, 0) is 123 Å². The maximum atomic E-state index is 3.94. The van der Waals surface area contributed by atoms with Gasteiger partial charge in [-0.3, -0.25) is 0 Å². The fraction of sp³-hybridized carbons (Fsp3) is 0.160. The zero-order chi connectivity index (χ0) is 38.2. The monoisotopic (exact) mass is 877 g/mol. The number of hydrogen-bond acceptors (Lipinski definition) is 3. The zero-order valence-electron chi connectivity index (χ0n) is 31.8. The fourth-order valence-electron chi connectivity index (χ4n) is 7.85. The van der Waals surface area contributed by atoms with Gasteiger partial charge in [-0.25, -0.2) is 0 Å². The van der Waals surface area contributed by atoms with Crippen LogP contribution in [-0.2, 0) is 10.8 Å². The van der Waals surface area contributed by atoms with Crippen LogP contribution in [0.3, 0.4) is 0 Å². The molecule has 2 aromatic heterocycles. The van der Waals surface area contributed by atoms with E-state index in [1.54, 1.807) is 0 Å². The lowest BCUT2D eigenvalue weighted by atomic mass is 9.86. The van der Waals surface area contributed by atoms with E-state index in [1.807, 2.05) is 22.7 Å². The van der Waals surface area contributed by atoms with E-state index >= 15 is 0 Å². The Kier molecular flexibility index (Phi) is 9.09. The highest BCUT2D eigenvalue weighted by Crippen LogP contribution is 2.48. The third-order valence-electron chi connectivity index (χ3n) is 10.7. The molecule has 0 spiro atoms. The van der Waals surface area contributed by atoms with E-state index in [-0.39, 0.29) is 10.8 Å². The van der Waals surface area contributed by atoms with Crippen LogP contribution in [0, 0.1) is 0 Å². The average molecular weight is 880 g/mol. The van der Waals surface area contributed by atoms with Gasteiger partial charge < -0.3 is 4.90 Å². The maximum Gasteiger partial charge on any atom is 0.0473 e. The molecule has 9 aromatic rings. The molecule has 0 atom stereocenters. The predicted octanol–water partition coefficient (Wildman–Crippen LogP) is 17.3. The summed E-state index contributed by atoms with van der Waals surface area (Å²) in [5.74, 6) is 0. The minimum atomic E-state index is 0.0529. The molecule has 5 heteroatoms. The molecule has 0 aliphatic heterocycles. The molecule has 0 fully saturated rings. The van der Waals surface area contributed by atoms with Crippen LogP contribution in [0.1, 0.15) is 52.7 Å². The van der Waals surface area contributed by atoms with Gasteiger partial charge in [0.25, 0.3) is 0 Å². The van der Waals surface area contributed by atoms with E-state index in [1.165, 1.54) is 73.7 Å². The molecule has 9 rings (SSSR count). The average Bonchev–Trinajstić information content (AvgIpc) is 3.75. The maximum absolute atomic E-state index is 3.94. The van der Waals surface area contributed by atoms with Crippen LogP contribution < -0.4 is 4.90 Å². The van der Waals surface area contributed by atoms with Gasteiger partial charge in [-0.2, -0.15) is 0 Å². The van der Waals surface area contributed by atoms with Gasteiger partial charge in [0.15, 0.2) is 0 Å². The highest BCUT2D eigenvalue weighted by Gasteiger charge is 2.22. The number of fused-ring (bicyclic) bond motifs is 6. The molecule has 1 nitrogen and oxygen atoms in total. The van der Waals surface area contributed by atoms with Crippen molar-refractivity contribution in [2.75, 3.05) is 4.90 Å². The quantitative estimate of drug-likeness (QED) is 0.166. The first kappa shape index (κ1) is 36.4. The third-order valence-corrected chi connectivity index (χ3v) is 14.3. The molecule has 55 heavy (non-hydrogen) atoms. The lowest BCUT2D eigenvalue weighted by Crippen LogP contribution is -2.14. The molecule has 0 aliphatic rings. The largest absolute Gasteiger partial charge is 0.310 e. The molecule has 0 amide bonds. The number of halogens is 2. The number of hydrogen-bond donors (Lipinski definition) is 0. The van der Waals surface area contributed by atoms with Crippen LogP contribution in [-0.4, -0.2) is 0 Å². The summed E-state index contributed by atoms with van der Waals surface area (Å²) in [6.45, 7) is 13.7. The minimum Gasteiger partial charge on any atom is -0.310 e. The van der Waals surface area contributed by atoms with Crippen LogP contribution in [0.25, 0.3) is 62.6 Å². The first-order valence-electron chi connectivity index (χ1n) is 18.7. The number of benzene rings is 7. The summed E-state index contributed by atoms with van der Waals surface area (Å²) < 4.78 is 7.39. The van der Waals surface area contributed by atoms with Crippen LogP contribution in [0.2, 0.25) is 0 Å². The van der Waals surface area contributed by atoms with Crippen molar-refractivity contribution in [2.24, 2.45) is 0 Å². The lowest BCUT2D eigenvalue weighted by Gasteiger charge is -2.29. The molecule has 0 unspecified atom stereocenters. The minimum absolute atomic E-state index is 0.0529. The highest BCUT2D eigenvalue weighted by atomic mass is 79.9. The molecule has 0 saturated heterocycles. The number of thiophene rings is 2. The van der Waals surface area contributed by atoms with Gasteiger partial charge in [0.05, 0.1) is 0 Å². The summed E-state index contributed by atoms with van der Waals surface area (Å²) in [7, 11) is 0. The second-order valence-corrected chi connectivity index (χ2v) is 20.4. The van der Waals surface area contributed by atoms with Gasteiger partial charge >= 0.3 is 0 Å². The van der Waals surface area contributed by atoms with E-state index < -0.39 is 0 Å². The first-order valence-corrected chi connectivity index (χ1v) is 21.9. The van der Waals surface area contributed by atoms with E-state index in [0.717, 1.165) is 26.0 Å². The van der Waals surface area contributed by atoms with E-state index in [9.17, 15) is 0 Å². The molecular formula is C50H41Br2NS2. The van der Waals surface area contributed by atoms with Crippen LogP contribution in [0.15, 0.2) is 148 Å². The second-order valence-electron chi connectivity index (χ2n) is 16.5. The number of anilines is 3. The van der Waals surface area contributed by atoms with Crippen molar-refractivity contribution >= 4 is 112 Å². The SMILES string of the molecule is CC(C)(C)c1ccc(N(c2ccc(C(C)(C)C)cc2)c2cc(-c3cccc4sc5cccc(Br)c5c34)cc(-c3cccc4sc5cccc(Br)c5c34)c2)cc1. The van der Waals surface area contributed by atoms with Crippen molar-refractivity contribution < 1.29 is 0 Å². The van der Waals surface area contributed by atoms with E-state index in [4.69, 9.17) is 0 Å². The molecule has 0 radical (unpaired) electrons. The van der Waals surface area contributed by atoms with Crippen molar-refractivity contribution in [3.63, 3.8) is 0 Å². The summed E-state index contributed by atoms with van der Waals surface area (Å²) in [6.07, 6.45) is 0. The molecule has 2 heterocycles. The van der Waals surface area contributed by atoms with Gasteiger partial charge in [-0.15, -0.1) is 22.7 Å². The van der Waals surface area contributed by atoms with Gasteiger partial charge in [0.1, 0.15) is 0 Å². The summed E-state index contributed by atoms with van der Waals surface area (Å²) in [6, 6.07) is 52.2. The molecule has 0 saturated carbocycles. The third kappa shape index (κ3) is 6.53. The molecule has 0 aliphatic carbocycles. The van der Waals surface area contributed by atoms with Gasteiger partial charge in [0, 0.05) is 66.4 Å². The Bertz CT molecular complexity index is 2710. The smallest absolute Gasteiger partial charge is 0.0473 e. The van der Waals surface area contributed by atoms with E-state index in [0.29, 0.717) is 0 Å². The Morgan fingerprint density at radius 1 is 0.400 bits per heavy atom. The van der Waals surface area contributed by atoms with Gasteiger partial charge in [0.2, 0.25) is 0 Å². The molecule has 0 N–H and O–H groups in total. The van der Waals surface area contributed by atoms with Crippen molar-refractivity contribution in [1.29, 1.82) is 0 Å². The summed E-state index contributed by atoms with van der Waals surface area (Å²) in [5, 5.41) is 5.12. The summed E-state index contributed by atoms with van der Waals surface area (Å²) >= 11 is 11.6. The van der Waals surface area contributed by atoms with Crippen LogP contribution in [0.5, 0.6) is 0 Å². The first-order chi connectivity index (χ1) is 26.3. The second kappa shape index (κ2) is 13.7. The Morgan fingerprint density at radius 2 is 0.764 bits per heavy atom. The van der Waals surface area contributed by atoms with Crippen molar-refractivity contribution in [1.82, 2.24) is 0 Å². The van der Waals surface area contributed by atoms with Crippen molar-refractivity contribution in [2.45, 2.75) is 52.4 Å². The molecular weight excluding hydrogens is 838 g/mol. The van der Waals surface area contributed by atoms with Crippen LogP contribution >= 0.6 is 54.5 Å². The standard InChI is InChI=1S/C50H41Br2NS2/c1-49(2,3)32-19-23-34(24-20-32)53(35-25-21-33(22-26-35)50(4,5)6)36-28-30(37-11-7-15-41-45(37)47-39(51)13-9-17-43(47)54-41)27-31(29-36)38-12-8-16-42-46(38)48-40(52)14-10-18-44(48)55-42/h7-29H,1-6H3. The Labute approximate surface area is 348 Å². The number of rotatable bonds is 5. The van der Waals surface area contributed by atoms with Crippen molar-refractivity contribution in [3.05, 3.63) is 160 Å². The summed E-state index contributed by atoms with van der Waals surface area (Å²) in [4.78, 5) is 2.44. The molecule has 272 valence electrons. The Morgan fingerprint density at radius 3 is 1.15 bits per heavy atom. The summed E-state index contributed by atoms with van der Waals surface area (Å²) in [5.41, 5.74) is 10.9. The van der Waals surface area contributed by atoms with E-state index in [2.05, 4.69) is 218 Å². The lowest BCUT2D eigenvalue weighted by molar-refractivity contribution is 0.590. The fourth-order valence-corrected chi connectivity index (χ4v) is 11.6. The van der Waals surface area contributed by atoms with Crippen LogP contribution in [0.4, 0.5) is 17.1 Å². The van der Waals surface area contributed by atoms with Gasteiger partial charge in [-0.1, -0.05) is 134 Å². The molecule has 7 aromatic carbocycles. The highest BCUT2D eigenvalue weighted by molar-refractivity contribution is 9.11. The topological polar surface area (TPSA) is 3.24 Å². The zero-order valence-corrected chi connectivity index (χ0v) is 36.6. The molecule has 0 bridgehead atoms.